The fourth-order valence-electron chi connectivity index (χ4n) is 4.55. The number of carbonyl (C=O) groups excluding carboxylic acids is 2. The number of aromatic nitrogens is 2. The number of hydrogen-bond acceptors (Lipinski definition) is 9. The van der Waals surface area contributed by atoms with Crippen LogP contribution in [0.4, 0.5) is 15.2 Å². The molecule has 0 fully saturated rings. The molecule has 8 nitrogen and oxygen atoms in total. The van der Waals surface area contributed by atoms with E-state index in [0.29, 0.717) is 50.6 Å². The standard InChI is InChI=1S/C26H20ClFN6O2S2/c27-15-6-3-5-14(11-15)22-16(12-29)24(30)34(19-9-4-10-20(35)23(19)22)25-32-33-26(38-25)37-13-21(36)31-18-8-2-1-7-17(18)28/h1-3,5-8,11,22H,4,9-10,13,30H2,(H,31,36). The summed E-state index contributed by atoms with van der Waals surface area (Å²) in [5.74, 6) is -1.43. The number of rotatable bonds is 6. The number of thioether (sulfide) groups is 1. The maximum atomic E-state index is 13.8. The van der Waals surface area contributed by atoms with E-state index in [1.54, 1.807) is 35.2 Å². The lowest BCUT2D eigenvalue weighted by Gasteiger charge is -2.38. The Hall–Kier alpha value is -3.72. The smallest absolute Gasteiger partial charge is 0.234 e. The number of benzene rings is 2. The van der Waals surface area contributed by atoms with E-state index >= 15 is 0 Å². The van der Waals surface area contributed by atoms with Crippen LogP contribution in [-0.2, 0) is 9.59 Å². The lowest BCUT2D eigenvalue weighted by molar-refractivity contribution is -0.116. The zero-order valence-corrected chi connectivity index (χ0v) is 22.2. The lowest BCUT2D eigenvalue weighted by atomic mass is 9.76. The van der Waals surface area contributed by atoms with Gasteiger partial charge in [0.15, 0.2) is 10.1 Å². The van der Waals surface area contributed by atoms with Crippen molar-refractivity contribution in [1.82, 2.24) is 10.2 Å². The fourth-order valence-corrected chi connectivity index (χ4v) is 6.43. The van der Waals surface area contributed by atoms with Gasteiger partial charge in [-0.3, -0.25) is 14.5 Å². The molecule has 0 radical (unpaired) electrons. The highest BCUT2D eigenvalue weighted by Crippen LogP contribution is 2.47. The molecule has 2 aromatic carbocycles. The Kier molecular flexibility index (Phi) is 7.46. The summed E-state index contributed by atoms with van der Waals surface area (Å²) >= 11 is 8.55. The number of nitrogens with two attached hydrogens (primary N) is 1. The molecule has 0 saturated carbocycles. The van der Waals surface area contributed by atoms with E-state index in [0.717, 1.165) is 11.8 Å². The highest BCUT2D eigenvalue weighted by molar-refractivity contribution is 8.01. The number of nitriles is 1. The Labute approximate surface area is 231 Å². The van der Waals surface area contributed by atoms with Crippen LogP contribution in [0.25, 0.3) is 0 Å². The van der Waals surface area contributed by atoms with Crippen LogP contribution in [0.1, 0.15) is 30.7 Å². The summed E-state index contributed by atoms with van der Waals surface area (Å²) in [4.78, 5) is 27.2. The normalized spacial score (nSPS) is 17.3. The van der Waals surface area contributed by atoms with Crippen LogP contribution >= 0.6 is 34.7 Å². The van der Waals surface area contributed by atoms with Gasteiger partial charge in [0.2, 0.25) is 11.0 Å². The summed E-state index contributed by atoms with van der Waals surface area (Å²) < 4.78 is 14.3. The second-order valence-corrected chi connectivity index (χ2v) is 11.2. The van der Waals surface area contributed by atoms with Crippen LogP contribution in [0.15, 0.2) is 75.5 Å². The highest BCUT2D eigenvalue weighted by atomic mass is 35.5. The molecule has 3 N–H and O–H groups in total. The first-order valence-electron chi connectivity index (χ1n) is 11.6. The maximum absolute atomic E-state index is 13.8. The van der Waals surface area contributed by atoms with Crippen LogP contribution < -0.4 is 16.0 Å². The van der Waals surface area contributed by atoms with Crippen LogP contribution in [0.3, 0.4) is 0 Å². The molecule has 0 saturated heterocycles. The van der Waals surface area contributed by atoms with Crippen LogP contribution in [-0.4, -0.2) is 27.6 Å². The van der Waals surface area contributed by atoms with Crippen molar-refractivity contribution in [2.75, 3.05) is 16.0 Å². The van der Waals surface area contributed by atoms with Gasteiger partial charge in [-0.15, -0.1) is 10.2 Å². The summed E-state index contributed by atoms with van der Waals surface area (Å²) in [5, 5.41) is 21.9. The number of amides is 1. The topological polar surface area (TPSA) is 125 Å². The van der Waals surface area contributed by atoms with Gasteiger partial charge in [0, 0.05) is 22.7 Å². The number of halogens is 2. The Morgan fingerprint density at radius 1 is 1.26 bits per heavy atom. The van der Waals surface area contributed by atoms with Gasteiger partial charge in [0.25, 0.3) is 0 Å². The number of allylic oxidation sites excluding steroid dienone is 3. The van der Waals surface area contributed by atoms with Gasteiger partial charge >= 0.3 is 0 Å². The quantitative estimate of drug-likeness (QED) is 0.382. The lowest BCUT2D eigenvalue weighted by Crippen LogP contribution is -2.38. The van der Waals surface area contributed by atoms with Gasteiger partial charge in [-0.2, -0.15) is 5.26 Å². The van der Waals surface area contributed by atoms with E-state index in [1.807, 2.05) is 6.07 Å². The number of Topliss-reactive ketones (excluding diaryl/α,β-unsaturated/α-hetero) is 1. The Balaban J connectivity index is 1.43. The monoisotopic (exact) mass is 566 g/mol. The molecule has 38 heavy (non-hydrogen) atoms. The fraction of sp³-hybridized carbons (Fsp3) is 0.192. The summed E-state index contributed by atoms with van der Waals surface area (Å²) in [5.41, 5.74) is 8.80. The van der Waals surface area contributed by atoms with Gasteiger partial charge in [-0.05, 0) is 42.7 Å². The first-order valence-corrected chi connectivity index (χ1v) is 13.8. The van der Waals surface area contributed by atoms with E-state index in [1.165, 1.54) is 23.5 Å². The minimum atomic E-state index is -0.624. The first kappa shape index (κ1) is 25.9. The van der Waals surface area contributed by atoms with Gasteiger partial charge in [0.1, 0.15) is 11.6 Å². The number of hydrogen-bond donors (Lipinski definition) is 2. The molecule has 0 bridgehead atoms. The van der Waals surface area contributed by atoms with Crippen molar-refractivity contribution in [1.29, 1.82) is 5.26 Å². The number of ketones is 1. The van der Waals surface area contributed by atoms with Crippen molar-refractivity contribution >= 4 is 57.2 Å². The Bertz CT molecular complexity index is 1550. The van der Waals surface area contributed by atoms with E-state index in [-0.39, 0.29) is 28.6 Å². The minimum Gasteiger partial charge on any atom is -0.384 e. The van der Waals surface area contributed by atoms with Gasteiger partial charge in [0.05, 0.1) is 29.0 Å². The van der Waals surface area contributed by atoms with Gasteiger partial charge in [-0.25, -0.2) is 4.39 Å². The zero-order valence-electron chi connectivity index (χ0n) is 19.8. The minimum absolute atomic E-state index is 0.0129. The molecule has 0 spiro atoms. The molecule has 1 amide bonds. The van der Waals surface area contributed by atoms with Crippen molar-refractivity contribution in [2.24, 2.45) is 5.73 Å². The van der Waals surface area contributed by atoms with Crippen molar-refractivity contribution in [2.45, 2.75) is 29.5 Å². The van der Waals surface area contributed by atoms with Crippen LogP contribution in [0.5, 0.6) is 0 Å². The number of carbonyl (C=O) groups is 2. The van der Waals surface area contributed by atoms with Gasteiger partial charge in [-0.1, -0.05) is 59.0 Å². The Morgan fingerprint density at radius 3 is 2.84 bits per heavy atom. The summed E-state index contributed by atoms with van der Waals surface area (Å²) in [6.45, 7) is 0. The molecule has 2 aliphatic rings. The molecule has 5 rings (SSSR count). The van der Waals surface area contributed by atoms with E-state index in [4.69, 9.17) is 17.3 Å². The number of nitrogens with zero attached hydrogens (tertiary/aromatic N) is 4. The molecule has 1 aliphatic heterocycles. The second-order valence-electron chi connectivity index (χ2n) is 8.54. The molecular formula is C26H20ClFN6O2S2. The molecule has 3 aromatic rings. The second kappa shape index (κ2) is 10.9. The summed E-state index contributed by atoms with van der Waals surface area (Å²) in [7, 11) is 0. The molecule has 1 atom stereocenters. The van der Waals surface area contributed by atoms with Crippen LogP contribution in [0, 0.1) is 17.1 Å². The molecule has 1 aliphatic carbocycles. The number of anilines is 2. The highest BCUT2D eigenvalue weighted by Gasteiger charge is 2.41. The predicted molar refractivity (Wildman–Crippen MR) is 145 cm³/mol. The summed E-state index contributed by atoms with van der Waals surface area (Å²) in [6, 6.07) is 15.2. The number of para-hydroxylation sites is 1. The number of nitrogens with one attached hydrogen (secondary N) is 1. The SMILES string of the molecule is N#CC1=C(N)N(c2nnc(SCC(=O)Nc3ccccc3F)s2)C2=C(C(=O)CCC2)C1c1cccc(Cl)c1. The van der Waals surface area contributed by atoms with Crippen molar-refractivity contribution < 1.29 is 14.0 Å². The average Bonchev–Trinajstić information content (AvgIpc) is 3.37. The largest absolute Gasteiger partial charge is 0.384 e. The van der Waals surface area contributed by atoms with E-state index in [9.17, 15) is 19.2 Å². The third-order valence-electron chi connectivity index (χ3n) is 6.16. The molecule has 1 unspecified atom stereocenters. The van der Waals surface area contributed by atoms with Crippen molar-refractivity contribution in [3.8, 4) is 6.07 Å². The average molecular weight is 567 g/mol. The maximum Gasteiger partial charge on any atom is 0.234 e. The first-order chi connectivity index (χ1) is 18.4. The van der Waals surface area contributed by atoms with Gasteiger partial charge < -0.3 is 11.1 Å². The molecule has 12 heteroatoms. The summed E-state index contributed by atoms with van der Waals surface area (Å²) in [6.07, 6.45) is 1.59. The Morgan fingerprint density at radius 2 is 2.08 bits per heavy atom. The zero-order chi connectivity index (χ0) is 26.8. The van der Waals surface area contributed by atoms with E-state index < -0.39 is 17.6 Å². The third-order valence-corrected chi connectivity index (χ3v) is 8.43. The van der Waals surface area contributed by atoms with E-state index in [2.05, 4.69) is 21.6 Å². The predicted octanol–water partition coefficient (Wildman–Crippen LogP) is 5.37. The van der Waals surface area contributed by atoms with Crippen molar-refractivity contribution in [3.05, 3.63) is 87.6 Å². The van der Waals surface area contributed by atoms with Crippen molar-refractivity contribution in [3.63, 3.8) is 0 Å². The molecule has 2 heterocycles. The third kappa shape index (κ3) is 5.03. The molecule has 1 aromatic heterocycles. The van der Waals surface area contributed by atoms with Crippen LogP contribution in [0.2, 0.25) is 5.02 Å². The molecular weight excluding hydrogens is 547 g/mol. The molecule has 192 valence electrons.